The molecule has 1 atom stereocenters. The van der Waals surface area contributed by atoms with E-state index in [1.54, 1.807) is 11.3 Å². The van der Waals surface area contributed by atoms with Crippen LogP contribution < -0.4 is 5.32 Å². The van der Waals surface area contributed by atoms with Crippen molar-refractivity contribution in [1.29, 1.82) is 0 Å². The molecule has 3 heterocycles. The molecular formula is C12H14N2S3. The predicted molar refractivity (Wildman–Crippen MR) is 81.7 cm³/mol. The van der Waals surface area contributed by atoms with Crippen molar-refractivity contribution in [1.82, 2.24) is 4.98 Å². The van der Waals surface area contributed by atoms with E-state index < -0.39 is 0 Å². The first kappa shape index (κ1) is 11.7. The Morgan fingerprint density at radius 1 is 1.35 bits per heavy atom. The average Bonchev–Trinajstić information content (AvgIpc) is 2.86. The van der Waals surface area contributed by atoms with Crippen LogP contribution in [0.3, 0.4) is 0 Å². The van der Waals surface area contributed by atoms with Crippen LogP contribution in [-0.4, -0.2) is 34.0 Å². The van der Waals surface area contributed by atoms with Crippen LogP contribution in [-0.2, 0) is 0 Å². The number of nitrogens with one attached hydrogen (secondary N) is 1. The fourth-order valence-electron chi connectivity index (χ4n) is 1.90. The summed E-state index contributed by atoms with van der Waals surface area (Å²) in [6.45, 7) is 1.03. The third kappa shape index (κ3) is 2.72. The highest BCUT2D eigenvalue weighted by Crippen LogP contribution is 2.27. The van der Waals surface area contributed by atoms with E-state index >= 15 is 0 Å². The summed E-state index contributed by atoms with van der Waals surface area (Å²) in [5.41, 5.74) is 0. The molecule has 1 aliphatic heterocycles. The van der Waals surface area contributed by atoms with Crippen molar-refractivity contribution in [2.24, 2.45) is 0 Å². The van der Waals surface area contributed by atoms with Gasteiger partial charge in [0.2, 0.25) is 0 Å². The maximum Gasteiger partial charge on any atom is 0.134 e. The summed E-state index contributed by atoms with van der Waals surface area (Å²) >= 11 is 5.92. The zero-order valence-corrected chi connectivity index (χ0v) is 11.8. The minimum absolute atomic E-state index is 0.726. The highest BCUT2D eigenvalue weighted by molar-refractivity contribution is 8.06. The Balaban J connectivity index is 1.69. The molecule has 5 heteroatoms. The first-order chi connectivity index (χ1) is 8.43. The molecule has 0 amide bonds. The SMILES string of the molecule is c1cc2sccc2c(NCC2CSCCS2)n1. The van der Waals surface area contributed by atoms with Gasteiger partial charge in [-0.2, -0.15) is 23.5 Å². The van der Waals surface area contributed by atoms with Gasteiger partial charge in [-0.05, 0) is 17.5 Å². The Labute approximate surface area is 114 Å². The third-order valence-electron chi connectivity index (χ3n) is 2.76. The molecule has 2 nitrogen and oxygen atoms in total. The molecular weight excluding hydrogens is 268 g/mol. The molecule has 0 spiro atoms. The second-order valence-electron chi connectivity index (χ2n) is 3.94. The Morgan fingerprint density at radius 3 is 3.24 bits per heavy atom. The molecule has 2 aromatic rings. The summed E-state index contributed by atoms with van der Waals surface area (Å²) < 4.78 is 1.31. The van der Waals surface area contributed by atoms with Crippen LogP contribution in [0.1, 0.15) is 0 Å². The maximum absolute atomic E-state index is 4.44. The van der Waals surface area contributed by atoms with Crippen LogP contribution >= 0.6 is 34.9 Å². The Morgan fingerprint density at radius 2 is 2.35 bits per heavy atom. The van der Waals surface area contributed by atoms with Crippen LogP contribution in [0.2, 0.25) is 0 Å². The zero-order valence-electron chi connectivity index (χ0n) is 9.39. The van der Waals surface area contributed by atoms with Crippen molar-refractivity contribution < 1.29 is 0 Å². The highest BCUT2D eigenvalue weighted by Gasteiger charge is 2.14. The number of nitrogens with zero attached hydrogens (tertiary/aromatic N) is 1. The van der Waals surface area contributed by atoms with Gasteiger partial charge in [0.05, 0.1) is 0 Å². The monoisotopic (exact) mass is 282 g/mol. The minimum Gasteiger partial charge on any atom is -0.368 e. The van der Waals surface area contributed by atoms with E-state index in [-0.39, 0.29) is 0 Å². The van der Waals surface area contributed by atoms with Gasteiger partial charge in [0, 0.05) is 45.3 Å². The quantitative estimate of drug-likeness (QED) is 0.930. The molecule has 0 aromatic carbocycles. The molecule has 1 N–H and O–H groups in total. The topological polar surface area (TPSA) is 24.9 Å². The van der Waals surface area contributed by atoms with Crippen LogP contribution in [0.25, 0.3) is 10.1 Å². The number of hydrogen-bond donors (Lipinski definition) is 1. The smallest absolute Gasteiger partial charge is 0.134 e. The number of anilines is 1. The van der Waals surface area contributed by atoms with E-state index in [1.165, 1.54) is 27.3 Å². The summed E-state index contributed by atoms with van der Waals surface area (Å²) in [6, 6.07) is 4.23. The lowest BCUT2D eigenvalue weighted by Gasteiger charge is -2.21. The average molecular weight is 282 g/mol. The second-order valence-corrected chi connectivity index (χ2v) is 7.45. The van der Waals surface area contributed by atoms with E-state index in [2.05, 4.69) is 51.3 Å². The van der Waals surface area contributed by atoms with Gasteiger partial charge >= 0.3 is 0 Å². The maximum atomic E-state index is 4.44. The zero-order chi connectivity index (χ0) is 11.5. The second kappa shape index (κ2) is 5.50. The van der Waals surface area contributed by atoms with Crippen LogP contribution in [0, 0.1) is 0 Å². The van der Waals surface area contributed by atoms with E-state index in [1.807, 2.05) is 6.20 Å². The van der Waals surface area contributed by atoms with Crippen molar-refractivity contribution in [3.05, 3.63) is 23.7 Å². The van der Waals surface area contributed by atoms with Crippen molar-refractivity contribution in [2.45, 2.75) is 5.25 Å². The Hall–Kier alpha value is -0.390. The lowest BCUT2D eigenvalue weighted by Crippen LogP contribution is -2.23. The first-order valence-electron chi connectivity index (χ1n) is 5.69. The van der Waals surface area contributed by atoms with Gasteiger partial charge in [-0.3, -0.25) is 0 Å². The number of aromatic nitrogens is 1. The van der Waals surface area contributed by atoms with E-state index in [0.717, 1.165) is 17.6 Å². The Bertz CT molecular complexity index is 491. The number of thiophene rings is 1. The molecule has 3 rings (SSSR count). The first-order valence-corrected chi connectivity index (χ1v) is 8.77. The fraction of sp³-hybridized carbons (Fsp3) is 0.417. The third-order valence-corrected chi connectivity index (χ3v) is 6.49. The molecule has 1 unspecified atom stereocenters. The van der Waals surface area contributed by atoms with Crippen LogP contribution in [0.5, 0.6) is 0 Å². The largest absolute Gasteiger partial charge is 0.368 e. The molecule has 0 bridgehead atoms. The molecule has 1 fully saturated rings. The molecule has 90 valence electrons. The van der Waals surface area contributed by atoms with E-state index in [4.69, 9.17) is 0 Å². The van der Waals surface area contributed by atoms with Crippen LogP contribution in [0.4, 0.5) is 5.82 Å². The summed E-state index contributed by atoms with van der Waals surface area (Å²) in [5, 5.41) is 7.61. The molecule has 17 heavy (non-hydrogen) atoms. The molecule has 0 radical (unpaired) electrons. The minimum atomic E-state index is 0.726. The number of fused-ring (bicyclic) bond motifs is 1. The fourth-order valence-corrected chi connectivity index (χ4v) is 5.29. The van der Waals surface area contributed by atoms with Gasteiger partial charge in [0.25, 0.3) is 0 Å². The molecule has 1 saturated heterocycles. The number of pyridine rings is 1. The van der Waals surface area contributed by atoms with Crippen molar-refractivity contribution in [3.63, 3.8) is 0 Å². The summed E-state index contributed by atoms with van der Waals surface area (Å²) in [6.07, 6.45) is 1.89. The lowest BCUT2D eigenvalue weighted by atomic mass is 10.3. The highest BCUT2D eigenvalue weighted by atomic mass is 32.2. The van der Waals surface area contributed by atoms with Crippen LogP contribution in [0.15, 0.2) is 23.7 Å². The summed E-state index contributed by atoms with van der Waals surface area (Å²) in [4.78, 5) is 4.44. The normalized spacial score (nSPS) is 20.6. The van der Waals surface area contributed by atoms with Gasteiger partial charge in [-0.1, -0.05) is 0 Å². The summed E-state index contributed by atoms with van der Waals surface area (Å²) in [5.74, 6) is 4.89. The predicted octanol–water partition coefficient (Wildman–Crippen LogP) is 3.56. The van der Waals surface area contributed by atoms with Crippen molar-refractivity contribution in [3.8, 4) is 0 Å². The molecule has 1 aliphatic rings. The summed E-state index contributed by atoms with van der Waals surface area (Å²) in [7, 11) is 0. The van der Waals surface area contributed by atoms with Gasteiger partial charge in [0.1, 0.15) is 5.82 Å². The Kier molecular flexibility index (Phi) is 3.78. The number of thioether (sulfide) groups is 2. The molecule has 0 saturated carbocycles. The van der Waals surface area contributed by atoms with Gasteiger partial charge in [0.15, 0.2) is 0 Å². The lowest BCUT2D eigenvalue weighted by molar-refractivity contribution is 0.997. The van der Waals surface area contributed by atoms with E-state index in [0.29, 0.717) is 0 Å². The molecule has 0 aliphatic carbocycles. The van der Waals surface area contributed by atoms with E-state index in [9.17, 15) is 0 Å². The van der Waals surface area contributed by atoms with Gasteiger partial charge in [-0.25, -0.2) is 4.98 Å². The van der Waals surface area contributed by atoms with Gasteiger partial charge in [-0.15, -0.1) is 11.3 Å². The number of rotatable bonds is 3. The van der Waals surface area contributed by atoms with Gasteiger partial charge < -0.3 is 5.32 Å². The van der Waals surface area contributed by atoms with Crippen molar-refractivity contribution >= 4 is 50.8 Å². The number of hydrogen-bond acceptors (Lipinski definition) is 5. The molecule has 2 aromatic heterocycles. The van der Waals surface area contributed by atoms with Crippen molar-refractivity contribution in [2.75, 3.05) is 29.1 Å². The standard InChI is InChI=1S/C12H14N2S3/c1-3-13-12(10-2-4-17-11(1)10)14-7-9-8-15-5-6-16-9/h1-4,9H,5-8H2,(H,13,14).